The molecule has 0 radical (unpaired) electrons. The number of hydrogen-bond donors (Lipinski definition) is 0. The van der Waals surface area contributed by atoms with E-state index in [0.29, 0.717) is 13.2 Å². The van der Waals surface area contributed by atoms with E-state index in [0.717, 1.165) is 30.8 Å². The number of amides is 1. The van der Waals surface area contributed by atoms with Gasteiger partial charge >= 0.3 is 0 Å². The fourth-order valence-corrected chi connectivity index (χ4v) is 4.04. The fourth-order valence-electron chi connectivity index (χ4n) is 4.04. The van der Waals surface area contributed by atoms with E-state index in [1.165, 1.54) is 24.1 Å². The Bertz CT molecular complexity index is 783. The van der Waals surface area contributed by atoms with E-state index >= 15 is 0 Å². The van der Waals surface area contributed by atoms with Gasteiger partial charge in [0, 0.05) is 32.4 Å². The molecular weight excluding hydrogens is 324 g/mol. The normalized spacial score (nSPS) is 19.0. The van der Waals surface area contributed by atoms with Gasteiger partial charge in [0.1, 0.15) is 12.4 Å². The van der Waals surface area contributed by atoms with Crippen molar-refractivity contribution in [2.24, 2.45) is 5.92 Å². The zero-order valence-electron chi connectivity index (χ0n) is 15.4. The molecule has 2 aromatic rings. The van der Waals surface area contributed by atoms with Crippen molar-refractivity contribution < 1.29 is 9.53 Å². The summed E-state index contributed by atoms with van der Waals surface area (Å²) >= 11 is 0. The third-order valence-electron chi connectivity index (χ3n) is 5.45. The summed E-state index contributed by atoms with van der Waals surface area (Å²) < 4.78 is 5.81. The van der Waals surface area contributed by atoms with Gasteiger partial charge in [-0.25, -0.2) is 0 Å². The minimum Gasteiger partial charge on any atom is -0.492 e. The Morgan fingerprint density at radius 2 is 1.85 bits per heavy atom. The van der Waals surface area contributed by atoms with Gasteiger partial charge in [-0.05, 0) is 42.5 Å². The monoisotopic (exact) mass is 350 g/mol. The number of carbonyl (C=O) groups excluding carboxylic acids is 1. The number of carbonyl (C=O) groups is 1. The van der Waals surface area contributed by atoms with Gasteiger partial charge in [0.05, 0.1) is 5.92 Å². The van der Waals surface area contributed by atoms with Crippen molar-refractivity contribution in [1.82, 2.24) is 4.90 Å². The molecule has 4 nitrogen and oxygen atoms in total. The van der Waals surface area contributed by atoms with Crippen molar-refractivity contribution in [2.45, 2.75) is 25.8 Å². The van der Waals surface area contributed by atoms with Crippen molar-refractivity contribution in [3.63, 3.8) is 0 Å². The predicted octanol–water partition coefficient (Wildman–Crippen LogP) is 3.50. The van der Waals surface area contributed by atoms with E-state index in [-0.39, 0.29) is 11.8 Å². The second-order valence-electron chi connectivity index (χ2n) is 7.34. The van der Waals surface area contributed by atoms with Crippen LogP contribution in [0.3, 0.4) is 0 Å². The lowest BCUT2D eigenvalue weighted by atomic mass is 9.95. The Balaban J connectivity index is 1.45. The molecule has 136 valence electrons. The summed E-state index contributed by atoms with van der Waals surface area (Å²) in [6.45, 7) is 3.33. The van der Waals surface area contributed by atoms with Crippen molar-refractivity contribution in [2.75, 3.05) is 31.6 Å². The molecule has 4 heteroatoms. The summed E-state index contributed by atoms with van der Waals surface area (Å²) in [6, 6.07) is 16.5. The van der Waals surface area contributed by atoms with Crippen LogP contribution < -0.4 is 9.64 Å². The molecule has 2 aromatic carbocycles. The Kier molecular flexibility index (Phi) is 4.83. The van der Waals surface area contributed by atoms with Crippen LogP contribution in [0.1, 0.15) is 24.0 Å². The molecule has 0 aliphatic carbocycles. The summed E-state index contributed by atoms with van der Waals surface area (Å²) in [6.07, 6.45) is 3.26. The predicted molar refractivity (Wildman–Crippen MR) is 103 cm³/mol. The van der Waals surface area contributed by atoms with Gasteiger partial charge in [-0.15, -0.1) is 0 Å². The van der Waals surface area contributed by atoms with E-state index in [4.69, 9.17) is 4.74 Å². The van der Waals surface area contributed by atoms with E-state index in [1.54, 1.807) is 0 Å². The minimum atomic E-state index is -0.103. The Labute approximate surface area is 155 Å². The highest BCUT2D eigenvalue weighted by atomic mass is 16.5. The topological polar surface area (TPSA) is 32.8 Å². The van der Waals surface area contributed by atoms with E-state index in [9.17, 15) is 4.79 Å². The summed E-state index contributed by atoms with van der Waals surface area (Å²) in [4.78, 5) is 17.3. The van der Waals surface area contributed by atoms with Crippen molar-refractivity contribution in [3.05, 3.63) is 59.7 Å². The van der Waals surface area contributed by atoms with Crippen molar-refractivity contribution in [3.8, 4) is 5.75 Å². The first-order valence-electron chi connectivity index (χ1n) is 9.51. The summed E-state index contributed by atoms with van der Waals surface area (Å²) in [5.74, 6) is 0.975. The molecule has 1 fully saturated rings. The molecule has 0 bridgehead atoms. The smallest absolute Gasteiger partial charge is 0.229 e. The quantitative estimate of drug-likeness (QED) is 0.846. The first-order chi connectivity index (χ1) is 12.7. The van der Waals surface area contributed by atoms with Crippen molar-refractivity contribution >= 4 is 11.6 Å². The number of rotatable bonds is 4. The molecule has 1 unspecified atom stereocenters. The van der Waals surface area contributed by atoms with E-state index in [2.05, 4.69) is 35.2 Å². The minimum absolute atomic E-state index is 0.103. The average Bonchev–Trinajstić information content (AvgIpc) is 3.22. The Morgan fingerprint density at radius 1 is 1.12 bits per heavy atom. The van der Waals surface area contributed by atoms with Gasteiger partial charge in [-0.2, -0.15) is 0 Å². The first-order valence-corrected chi connectivity index (χ1v) is 9.51. The van der Waals surface area contributed by atoms with Crippen LogP contribution in [0.4, 0.5) is 5.69 Å². The van der Waals surface area contributed by atoms with Crippen LogP contribution >= 0.6 is 0 Å². The van der Waals surface area contributed by atoms with Gasteiger partial charge in [0.2, 0.25) is 5.91 Å². The van der Waals surface area contributed by atoms with Crippen LogP contribution in [0, 0.1) is 5.92 Å². The SMILES string of the molecule is CN(Cc1ccccc1N1CCCC1)C(=O)C1COc2ccccc2C1. The number of para-hydroxylation sites is 2. The summed E-state index contributed by atoms with van der Waals surface area (Å²) in [5, 5.41) is 0. The lowest BCUT2D eigenvalue weighted by Crippen LogP contribution is -2.38. The fraction of sp³-hybridized carbons (Fsp3) is 0.409. The molecule has 2 aliphatic rings. The number of hydrogen-bond acceptors (Lipinski definition) is 3. The third-order valence-corrected chi connectivity index (χ3v) is 5.45. The molecule has 2 heterocycles. The molecule has 4 rings (SSSR count). The molecular formula is C22H26N2O2. The molecule has 26 heavy (non-hydrogen) atoms. The van der Waals surface area contributed by atoms with Crippen LogP contribution in [-0.4, -0.2) is 37.6 Å². The van der Waals surface area contributed by atoms with Crippen LogP contribution in [0.5, 0.6) is 5.75 Å². The van der Waals surface area contributed by atoms with Gasteiger partial charge < -0.3 is 14.5 Å². The summed E-state index contributed by atoms with van der Waals surface area (Å²) in [7, 11) is 1.91. The van der Waals surface area contributed by atoms with Crippen LogP contribution in [0.15, 0.2) is 48.5 Å². The maximum absolute atomic E-state index is 13.0. The third kappa shape index (κ3) is 3.41. The standard InChI is InChI=1S/C22H26N2O2/c1-23(15-18-9-2-4-10-20(18)24-12-6-7-13-24)22(25)19-14-17-8-3-5-11-21(17)26-16-19/h2-5,8-11,19H,6-7,12-16H2,1H3. The highest BCUT2D eigenvalue weighted by Gasteiger charge is 2.28. The largest absolute Gasteiger partial charge is 0.492 e. The number of fused-ring (bicyclic) bond motifs is 1. The van der Waals surface area contributed by atoms with Gasteiger partial charge in [-0.3, -0.25) is 4.79 Å². The molecule has 1 saturated heterocycles. The molecule has 0 saturated carbocycles. The first kappa shape index (κ1) is 17.0. The zero-order valence-corrected chi connectivity index (χ0v) is 15.4. The average molecular weight is 350 g/mol. The van der Waals surface area contributed by atoms with Gasteiger partial charge in [0.25, 0.3) is 0 Å². The second kappa shape index (κ2) is 7.40. The molecule has 1 atom stereocenters. The van der Waals surface area contributed by atoms with E-state index in [1.807, 2.05) is 30.1 Å². The molecule has 1 amide bonds. The summed E-state index contributed by atoms with van der Waals surface area (Å²) in [5.41, 5.74) is 3.63. The maximum atomic E-state index is 13.0. The molecule has 0 N–H and O–H groups in total. The zero-order chi connectivity index (χ0) is 17.9. The van der Waals surface area contributed by atoms with Crippen LogP contribution in [-0.2, 0) is 17.8 Å². The molecule has 0 spiro atoms. The molecule has 2 aliphatic heterocycles. The van der Waals surface area contributed by atoms with Crippen LogP contribution in [0.2, 0.25) is 0 Å². The lowest BCUT2D eigenvalue weighted by Gasteiger charge is -2.29. The van der Waals surface area contributed by atoms with Gasteiger partial charge in [0.15, 0.2) is 0 Å². The van der Waals surface area contributed by atoms with Gasteiger partial charge in [-0.1, -0.05) is 36.4 Å². The second-order valence-corrected chi connectivity index (χ2v) is 7.34. The highest BCUT2D eigenvalue weighted by Crippen LogP contribution is 2.29. The number of ether oxygens (including phenoxy) is 1. The lowest BCUT2D eigenvalue weighted by molar-refractivity contribution is -0.136. The van der Waals surface area contributed by atoms with Crippen molar-refractivity contribution in [1.29, 1.82) is 0 Å². The Morgan fingerprint density at radius 3 is 2.69 bits per heavy atom. The highest BCUT2D eigenvalue weighted by molar-refractivity contribution is 5.79. The van der Waals surface area contributed by atoms with Crippen LogP contribution in [0.25, 0.3) is 0 Å². The number of anilines is 1. The molecule has 0 aromatic heterocycles. The Hall–Kier alpha value is -2.49. The maximum Gasteiger partial charge on any atom is 0.229 e. The van der Waals surface area contributed by atoms with E-state index < -0.39 is 0 Å². The number of benzene rings is 2. The number of nitrogens with zero attached hydrogens (tertiary/aromatic N) is 2.